The lowest BCUT2D eigenvalue weighted by atomic mass is 9.94. The van der Waals surface area contributed by atoms with Gasteiger partial charge >= 0.3 is 0 Å². The third-order valence-electron chi connectivity index (χ3n) is 2.79. The van der Waals surface area contributed by atoms with Crippen molar-refractivity contribution in [3.63, 3.8) is 0 Å². The van der Waals surface area contributed by atoms with E-state index >= 15 is 0 Å². The Morgan fingerprint density at radius 3 is 2.47 bits per heavy atom. The van der Waals surface area contributed by atoms with Crippen LogP contribution >= 0.6 is 0 Å². The van der Waals surface area contributed by atoms with E-state index in [-0.39, 0.29) is 18.1 Å². The average molecular weight is 237 g/mol. The van der Waals surface area contributed by atoms with E-state index in [0.29, 0.717) is 6.61 Å². The van der Waals surface area contributed by atoms with Gasteiger partial charge in [0.1, 0.15) is 0 Å². The van der Waals surface area contributed by atoms with Crippen LogP contribution in [0.3, 0.4) is 0 Å². The van der Waals surface area contributed by atoms with Gasteiger partial charge in [-0.25, -0.2) is 0 Å². The molecule has 0 saturated carbocycles. The summed E-state index contributed by atoms with van der Waals surface area (Å²) in [5.74, 6) is 0. The van der Waals surface area contributed by atoms with Gasteiger partial charge in [0.15, 0.2) is 0 Å². The van der Waals surface area contributed by atoms with E-state index in [2.05, 4.69) is 17.4 Å². The highest BCUT2D eigenvalue weighted by molar-refractivity contribution is 5.19. The molecule has 0 aliphatic rings. The highest BCUT2D eigenvalue weighted by Gasteiger charge is 2.19. The van der Waals surface area contributed by atoms with Crippen molar-refractivity contribution < 1.29 is 9.84 Å². The van der Waals surface area contributed by atoms with Gasteiger partial charge in [0, 0.05) is 25.7 Å². The topological polar surface area (TPSA) is 41.5 Å². The molecule has 0 spiro atoms. The maximum absolute atomic E-state index is 9.24. The summed E-state index contributed by atoms with van der Waals surface area (Å²) in [6.45, 7) is 5.64. The molecule has 0 radical (unpaired) electrons. The zero-order valence-corrected chi connectivity index (χ0v) is 10.9. The van der Waals surface area contributed by atoms with E-state index in [4.69, 9.17) is 4.74 Å². The van der Waals surface area contributed by atoms with Gasteiger partial charge < -0.3 is 15.2 Å². The predicted octanol–water partition coefficient (Wildman–Crippen LogP) is 1.98. The fourth-order valence-electron chi connectivity index (χ4n) is 1.58. The van der Waals surface area contributed by atoms with E-state index in [0.717, 1.165) is 6.54 Å². The highest BCUT2D eigenvalue weighted by Crippen LogP contribution is 2.17. The molecular formula is C14H23NO2. The van der Waals surface area contributed by atoms with Gasteiger partial charge in [-0.05, 0) is 5.56 Å². The van der Waals surface area contributed by atoms with Crippen LogP contribution in [0.1, 0.15) is 25.5 Å². The maximum atomic E-state index is 9.24. The molecule has 1 aromatic carbocycles. The third-order valence-corrected chi connectivity index (χ3v) is 2.79. The van der Waals surface area contributed by atoms with Crippen LogP contribution in [0.15, 0.2) is 30.3 Å². The Morgan fingerprint density at radius 1 is 1.29 bits per heavy atom. The minimum Gasteiger partial charge on any atom is -0.396 e. The first-order valence-electron chi connectivity index (χ1n) is 5.97. The van der Waals surface area contributed by atoms with Crippen molar-refractivity contribution in [1.29, 1.82) is 0 Å². The predicted molar refractivity (Wildman–Crippen MR) is 69.9 cm³/mol. The number of benzene rings is 1. The SMILES string of the molecule is COCC(NCC(C)(C)CO)c1ccccc1. The molecular weight excluding hydrogens is 214 g/mol. The van der Waals surface area contributed by atoms with E-state index in [1.54, 1.807) is 7.11 Å². The summed E-state index contributed by atoms with van der Waals surface area (Å²) in [4.78, 5) is 0. The second-order valence-corrected chi connectivity index (χ2v) is 5.12. The van der Waals surface area contributed by atoms with Gasteiger partial charge in [-0.1, -0.05) is 44.2 Å². The number of nitrogens with one attached hydrogen (secondary N) is 1. The molecule has 96 valence electrons. The lowest BCUT2D eigenvalue weighted by Gasteiger charge is -2.26. The molecule has 0 fully saturated rings. The molecule has 0 bridgehead atoms. The van der Waals surface area contributed by atoms with Crippen LogP contribution in [0.2, 0.25) is 0 Å². The van der Waals surface area contributed by atoms with Crippen molar-refractivity contribution in [3.05, 3.63) is 35.9 Å². The monoisotopic (exact) mass is 237 g/mol. The number of rotatable bonds is 7. The Hall–Kier alpha value is -0.900. The van der Waals surface area contributed by atoms with E-state index < -0.39 is 0 Å². The summed E-state index contributed by atoms with van der Waals surface area (Å²) in [7, 11) is 1.70. The average Bonchev–Trinajstić information content (AvgIpc) is 2.35. The Labute approximate surface area is 104 Å². The molecule has 1 rings (SSSR count). The summed E-state index contributed by atoms with van der Waals surface area (Å²) in [5, 5.41) is 12.7. The molecule has 3 nitrogen and oxygen atoms in total. The zero-order chi connectivity index (χ0) is 12.7. The second kappa shape index (κ2) is 6.74. The van der Waals surface area contributed by atoms with Crippen molar-refractivity contribution in [2.75, 3.05) is 26.9 Å². The molecule has 0 aliphatic heterocycles. The van der Waals surface area contributed by atoms with Gasteiger partial charge in [-0.2, -0.15) is 0 Å². The summed E-state index contributed by atoms with van der Waals surface area (Å²) in [6.07, 6.45) is 0. The van der Waals surface area contributed by atoms with Crippen LogP contribution in [0.25, 0.3) is 0 Å². The van der Waals surface area contributed by atoms with Crippen molar-refractivity contribution in [2.24, 2.45) is 5.41 Å². The first-order valence-corrected chi connectivity index (χ1v) is 5.97. The van der Waals surface area contributed by atoms with Crippen molar-refractivity contribution in [2.45, 2.75) is 19.9 Å². The summed E-state index contributed by atoms with van der Waals surface area (Å²) < 4.78 is 5.23. The largest absolute Gasteiger partial charge is 0.396 e. The van der Waals surface area contributed by atoms with Gasteiger partial charge in [0.2, 0.25) is 0 Å². The third kappa shape index (κ3) is 4.86. The van der Waals surface area contributed by atoms with Gasteiger partial charge in [-0.3, -0.25) is 0 Å². The van der Waals surface area contributed by atoms with E-state index in [1.165, 1.54) is 5.56 Å². The number of hydrogen-bond acceptors (Lipinski definition) is 3. The van der Waals surface area contributed by atoms with Crippen LogP contribution in [0, 0.1) is 5.41 Å². The lowest BCUT2D eigenvalue weighted by molar-refractivity contribution is 0.131. The Kier molecular flexibility index (Phi) is 5.62. The Bertz CT molecular complexity index is 311. The molecule has 1 atom stereocenters. The molecule has 0 amide bonds. The van der Waals surface area contributed by atoms with Crippen LogP contribution in [0.5, 0.6) is 0 Å². The van der Waals surface area contributed by atoms with Crippen molar-refractivity contribution >= 4 is 0 Å². The van der Waals surface area contributed by atoms with Gasteiger partial charge in [-0.15, -0.1) is 0 Å². The first kappa shape index (κ1) is 14.2. The smallest absolute Gasteiger partial charge is 0.0657 e. The number of ether oxygens (including phenoxy) is 1. The molecule has 0 aromatic heterocycles. The number of aliphatic hydroxyl groups is 1. The molecule has 1 unspecified atom stereocenters. The maximum Gasteiger partial charge on any atom is 0.0657 e. The quantitative estimate of drug-likeness (QED) is 0.762. The first-order chi connectivity index (χ1) is 8.09. The van der Waals surface area contributed by atoms with Crippen molar-refractivity contribution in [3.8, 4) is 0 Å². The van der Waals surface area contributed by atoms with E-state index in [1.807, 2.05) is 32.0 Å². The fraction of sp³-hybridized carbons (Fsp3) is 0.571. The van der Waals surface area contributed by atoms with E-state index in [9.17, 15) is 5.11 Å². The van der Waals surface area contributed by atoms with Gasteiger partial charge in [0.05, 0.1) is 12.6 Å². The second-order valence-electron chi connectivity index (χ2n) is 5.12. The minimum atomic E-state index is -0.110. The Balaban J connectivity index is 2.61. The number of aliphatic hydroxyl groups excluding tert-OH is 1. The molecule has 2 N–H and O–H groups in total. The summed E-state index contributed by atoms with van der Waals surface area (Å²) >= 11 is 0. The molecule has 0 aliphatic carbocycles. The molecule has 17 heavy (non-hydrogen) atoms. The minimum absolute atomic E-state index is 0.110. The van der Waals surface area contributed by atoms with Gasteiger partial charge in [0.25, 0.3) is 0 Å². The van der Waals surface area contributed by atoms with Crippen LogP contribution in [-0.2, 0) is 4.74 Å². The highest BCUT2D eigenvalue weighted by atomic mass is 16.5. The standard InChI is InChI=1S/C14H23NO2/c1-14(2,11-16)10-15-13(9-17-3)12-7-5-4-6-8-12/h4-8,13,15-16H,9-11H2,1-3H3. The summed E-state index contributed by atoms with van der Waals surface area (Å²) in [6, 6.07) is 10.4. The lowest BCUT2D eigenvalue weighted by Crippen LogP contribution is -2.36. The molecule has 3 heteroatoms. The fourth-order valence-corrected chi connectivity index (χ4v) is 1.58. The van der Waals surface area contributed by atoms with Crippen LogP contribution < -0.4 is 5.32 Å². The van der Waals surface area contributed by atoms with Crippen LogP contribution in [0.4, 0.5) is 0 Å². The summed E-state index contributed by atoms with van der Waals surface area (Å²) in [5.41, 5.74) is 1.10. The molecule has 1 aromatic rings. The number of hydrogen-bond donors (Lipinski definition) is 2. The van der Waals surface area contributed by atoms with Crippen LogP contribution in [-0.4, -0.2) is 32.0 Å². The number of methoxy groups -OCH3 is 1. The molecule has 0 heterocycles. The normalized spacial score (nSPS) is 13.6. The Morgan fingerprint density at radius 2 is 1.94 bits per heavy atom. The molecule has 0 saturated heterocycles. The van der Waals surface area contributed by atoms with Crippen molar-refractivity contribution in [1.82, 2.24) is 5.32 Å². The zero-order valence-electron chi connectivity index (χ0n) is 10.9.